The van der Waals surface area contributed by atoms with E-state index in [-0.39, 0.29) is 5.96 Å². The lowest BCUT2D eigenvalue weighted by atomic mass is 10.2. The number of nitrogens with zero attached hydrogens (tertiary/aromatic N) is 1. The molecule has 0 rings (SSSR count). The van der Waals surface area contributed by atoms with Crippen LogP contribution in [0.25, 0.3) is 0 Å². The van der Waals surface area contributed by atoms with Gasteiger partial charge in [0.05, 0.1) is 0 Å². The van der Waals surface area contributed by atoms with E-state index < -0.39 is 0 Å². The van der Waals surface area contributed by atoms with Crippen LogP contribution in [0.2, 0.25) is 0 Å². The molecule has 0 aromatic heterocycles. The summed E-state index contributed by atoms with van der Waals surface area (Å²) in [5.74, 6) is 0.191. The summed E-state index contributed by atoms with van der Waals surface area (Å²) in [6.07, 6.45) is 5.59. The zero-order chi connectivity index (χ0) is 11.5. The average Bonchev–Trinajstić information content (AvgIpc) is 2.14. The third-order valence-electron chi connectivity index (χ3n) is 1.96. The van der Waals surface area contributed by atoms with Crippen LogP contribution >= 0.6 is 0 Å². The largest absolute Gasteiger partial charge is 0.370 e. The van der Waals surface area contributed by atoms with Gasteiger partial charge in [-0.25, -0.2) is 0 Å². The molecule has 0 aliphatic rings. The molecule has 0 bridgehead atoms. The number of hydrogen-bond acceptors (Lipinski definition) is 2. The molecule has 0 aliphatic carbocycles. The Morgan fingerprint density at radius 3 is 2.53 bits per heavy atom. The molecule has 0 aromatic rings. The molecule has 5 N–H and O–H groups in total. The van der Waals surface area contributed by atoms with Crippen LogP contribution in [0.4, 0.5) is 0 Å². The SMILES string of the molecule is CC(C)=CCNCCCCCN=C(N)N. The first-order valence-corrected chi connectivity index (χ1v) is 5.52. The molecule has 0 unspecified atom stereocenters. The summed E-state index contributed by atoms with van der Waals surface area (Å²) in [7, 11) is 0. The van der Waals surface area contributed by atoms with E-state index in [1.165, 1.54) is 18.4 Å². The minimum absolute atomic E-state index is 0.191. The highest BCUT2D eigenvalue weighted by atomic mass is 15.0. The summed E-state index contributed by atoms with van der Waals surface area (Å²) in [5.41, 5.74) is 11.8. The van der Waals surface area contributed by atoms with Gasteiger partial charge >= 0.3 is 0 Å². The number of hydrogen-bond donors (Lipinski definition) is 3. The van der Waals surface area contributed by atoms with Crippen molar-refractivity contribution in [3.63, 3.8) is 0 Å². The lowest BCUT2D eigenvalue weighted by molar-refractivity contribution is 0.631. The highest BCUT2D eigenvalue weighted by Gasteiger charge is 1.88. The molecule has 0 saturated carbocycles. The lowest BCUT2D eigenvalue weighted by Gasteiger charge is -2.01. The van der Waals surface area contributed by atoms with Crippen LogP contribution < -0.4 is 16.8 Å². The van der Waals surface area contributed by atoms with Crippen LogP contribution in [0.1, 0.15) is 33.1 Å². The maximum absolute atomic E-state index is 5.21. The van der Waals surface area contributed by atoms with Crippen molar-refractivity contribution in [2.24, 2.45) is 16.5 Å². The van der Waals surface area contributed by atoms with Gasteiger partial charge in [-0.05, 0) is 33.2 Å². The molecule has 0 aromatic carbocycles. The van der Waals surface area contributed by atoms with E-state index >= 15 is 0 Å². The fourth-order valence-corrected chi connectivity index (χ4v) is 1.13. The van der Waals surface area contributed by atoms with Gasteiger partial charge in [0.1, 0.15) is 0 Å². The minimum atomic E-state index is 0.191. The number of aliphatic imine (C=N–C) groups is 1. The molecule has 0 atom stereocenters. The highest BCUT2D eigenvalue weighted by Crippen LogP contribution is 1.94. The first-order chi connectivity index (χ1) is 7.13. The molecule has 0 fully saturated rings. The van der Waals surface area contributed by atoms with Crippen molar-refractivity contribution in [3.05, 3.63) is 11.6 Å². The van der Waals surface area contributed by atoms with E-state index in [9.17, 15) is 0 Å². The van der Waals surface area contributed by atoms with E-state index in [1.54, 1.807) is 0 Å². The summed E-state index contributed by atoms with van der Waals surface area (Å²) >= 11 is 0. The third kappa shape index (κ3) is 13.0. The van der Waals surface area contributed by atoms with Crippen LogP contribution in [0, 0.1) is 0 Å². The molecule has 0 spiro atoms. The number of rotatable bonds is 8. The average molecular weight is 212 g/mol. The van der Waals surface area contributed by atoms with Gasteiger partial charge in [0.25, 0.3) is 0 Å². The van der Waals surface area contributed by atoms with Crippen molar-refractivity contribution in [3.8, 4) is 0 Å². The molecule has 0 heterocycles. The predicted octanol–water partition coefficient (Wildman–Crippen LogP) is 0.986. The first kappa shape index (κ1) is 14.0. The van der Waals surface area contributed by atoms with Gasteiger partial charge in [-0.3, -0.25) is 4.99 Å². The fraction of sp³-hybridized carbons (Fsp3) is 0.727. The maximum atomic E-state index is 5.21. The summed E-state index contributed by atoms with van der Waals surface area (Å²) < 4.78 is 0. The van der Waals surface area contributed by atoms with Gasteiger partial charge in [-0.2, -0.15) is 0 Å². The van der Waals surface area contributed by atoms with Crippen molar-refractivity contribution in [1.29, 1.82) is 0 Å². The van der Waals surface area contributed by atoms with Crippen LogP contribution in [0.3, 0.4) is 0 Å². The van der Waals surface area contributed by atoms with Gasteiger partial charge in [-0.1, -0.05) is 18.1 Å². The van der Waals surface area contributed by atoms with Crippen LogP contribution in [-0.2, 0) is 0 Å². The van der Waals surface area contributed by atoms with Crippen molar-refractivity contribution in [2.45, 2.75) is 33.1 Å². The van der Waals surface area contributed by atoms with E-state index in [0.29, 0.717) is 0 Å². The number of nitrogens with one attached hydrogen (secondary N) is 1. The minimum Gasteiger partial charge on any atom is -0.370 e. The van der Waals surface area contributed by atoms with Gasteiger partial charge in [0, 0.05) is 13.1 Å². The van der Waals surface area contributed by atoms with E-state index in [0.717, 1.165) is 26.1 Å². The Bertz CT molecular complexity index is 179. The molecule has 0 saturated heterocycles. The topological polar surface area (TPSA) is 76.4 Å². The monoisotopic (exact) mass is 212 g/mol. The second kappa shape index (κ2) is 9.52. The number of unbranched alkanes of at least 4 members (excludes halogenated alkanes) is 2. The zero-order valence-electron chi connectivity index (χ0n) is 9.92. The van der Waals surface area contributed by atoms with Crippen LogP contribution in [0.15, 0.2) is 16.6 Å². The number of nitrogens with two attached hydrogens (primary N) is 2. The summed E-state index contributed by atoms with van der Waals surface area (Å²) in [6, 6.07) is 0. The molecular weight excluding hydrogens is 188 g/mol. The molecular formula is C11H24N4. The maximum Gasteiger partial charge on any atom is 0.185 e. The Kier molecular flexibility index (Phi) is 8.87. The quantitative estimate of drug-likeness (QED) is 0.243. The Hall–Kier alpha value is -1.03. The second-order valence-corrected chi connectivity index (χ2v) is 3.85. The second-order valence-electron chi connectivity index (χ2n) is 3.85. The fourth-order valence-electron chi connectivity index (χ4n) is 1.13. The molecule has 0 amide bonds. The first-order valence-electron chi connectivity index (χ1n) is 5.52. The summed E-state index contributed by atoms with van der Waals surface area (Å²) in [6.45, 7) is 6.99. The van der Waals surface area contributed by atoms with Crippen molar-refractivity contribution in [1.82, 2.24) is 5.32 Å². The third-order valence-corrected chi connectivity index (χ3v) is 1.96. The molecule has 4 heteroatoms. The van der Waals surface area contributed by atoms with Crippen LogP contribution in [-0.4, -0.2) is 25.6 Å². The summed E-state index contributed by atoms with van der Waals surface area (Å²) in [4.78, 5) is 3.92. The molecule has 0 radical (unpaired) electrons. The normalized spacial score (nSPS) is 9.73. The zero-order valence-corrected chi connectivity index (χ0v) is 9.92. The molecule has 4 nitrogen and oxygen atoms in total. The van der Waals surface area contributed by atoms with Gasteiger partial charge in [0.15, 0.2) is 5.96 Å². The summed E-state index contributed by atoms with van der Waals surface area (Å²) in [5, 5.41) is 3.35. The van der Waals surface area contributed by atoms with E-state index in [4.69, 9.17) is 11.5 Å². The van der Waals surface area contributed by atoms with Crippen molar-refractivity contribution in [2.75, 3.05) is 19.6 Å². The Balaban J connectivity index is 3.12. The predicted molar refractivity (Wildman–Crippen MR) is 66.8 cm³/mol. The highest BCUT2D eigenvalue weighted by molar-refractivity contribution is 5.75. The Morgan fingerprint density at radius 1 is 1.20 bits per heavy atom. The van der Waals surface area contributed by atoms with Crippen molar-refractivity contribution >= 4 is 5.96 Å². The Morgan fingerprint density at radius 2 is 1.93 bits per heavy atom. The Labute approximate surface area is 92.8 Å². The molecule has 15 heavy (non-hydrogen) atoms. The number of allylic oxidation sites excluding steroid dienone is 1. The van der Waals surface area contributed by atoms with Gasteiger partial charge < -0.3 is 16.8 Å². The number of guanidine groups is 1. The standard InChI is InChI=1S/C11H24N4/c1-10(2)6-9-14-7-4-3-5-8-15-11(12)13/h6,14H,3-5,7-9H2,1-2H3,(H4,12,13,15). The van der Waals surface area contributed by atoms with E-state index in [1.807, 2.05) is 0 Å². The van der Waals surface area contributed by atoms with Gasteiger partial charge in [0.2, 0.25) is 0 Å². The molecule has 88 valence electrons. The van der Waals surface area contributed by atoms with Crippen molar-refractivity contribution < 1.29 is 0 Å². The lowest BCUT2D eigenvalue weighted by Crippen LogP contribution is -2.23. The van der Waals surface area contributed by atoms with Crippen LogP contribution in [0.5, 0.6) is 0 Å². The smallest absolute Gasteiger partial charge is 0.185 e. The molecule has 0 aliphatic heterocycles. The van der Waals surface area contributed by atoms with E-state index in [2.05, 4.69) is 30.2 Å². The van der Waals surface area contributed by atoms with Gasteiger partial charge in [-0.15, -0.1) is 0 Å².